The van der Waals surface area contributed by atoms with Crippen molar-refractivity contribution in [3.05, 3.63) is 35.4 Å². The van der Waals surface area contributed by atoms with E-state index in [0.29, 0.717) is 0 Å². The van der Waals surface area contributed by atoms with Crippen LogP contribution in [0, 0.1) is 5.92 Å². The molecule has 0 aromatic heterocycles. The van der Waals surface area contributed by atoms with E-state index in [9.17, 15) is 0 Å². The fraction of sp³-hybridized carbons (Fsp3) is 0.625. The van der Waals surface area contributed by atoms with Crippen LogP contribution in [0.5, 0.6) is 0 Å². The molecule has 0 nitrogen and oxygen atoms in total. The molecule has 0 spiro atoms. The van der Waals surface area contributed by atoms with E-state index < -0.39 is 0 Å². The zero-order valence-electron chi connectivity index (χ0n) is 11.0. The van der Waals surface area contributed by atoms with Crippen molar-refractivity contribution in [1.29, 1.82) is 0 Å². The summed E-state index contributed by atoms with van der Waals surface area (Å²) in [5.41, 5.74) is 2.89. The minimum Gasteiger partial charge on any atom is -0.0776 e. The quantitative estimate of drug-likeness (QED) is 0.633. The lowest BCUT2D eigenvalue weighted by atomic mass is 10.0. The van der Waals surface area contributed by atoms with Gasteiger partial charge in [-0.2, -0.15) is 0 Å². The first-order valence-electron chi connectivity index (χ1n) is 6.21. The maximum atomic E-state index is 2.26. The highest BCUT2D eigenvalue weighted by molar-refractivity contribution is 5.22. The first kappa shape index (κ1) is 17.6. The molecule has 16 heavy (non-hydrogen) atoms. The van der Waals surface area contributed by atoms with Crippen LogP contribution in [-0.2, 0) is 12.8 Å². The standard InChI is InChI=1S/C12H18.C3H8.CH4/c1-4-11-5-7-12(8-6-11)9-10(2)3;1-3-2;/h5-8,10H,4,9H2,1-3H3;3H2,1-2H3;1H4. The van der Waals surface area contributed by atoms with E-state index >= 15 is 0 Å². The van der Waals surface area contributed by atoms with Gasteiger partial charge in [0.15, 0.2) is 0 Å². The van der Waals surface area contributed by atoms with Gasteiger partial charge in [0.25, 0.3) is 0 Å². The van der Waals surface area contributed by atoms with Gasteiger partial charge in [-0.15, -0.1) is 0 Å². The lowest BCUT2D eigenvalue weighted by molar-refractivity contribution is 0.647. The average Bonchev–Trinajstić information content (AvgIpc) is 2.19. The Hall–Kier alpha value is -0.780. The first-order valence-corrected chi connectivity index (χ1v) is 6.21. The molecule has 0 atom stereocenters. The highest BCUT2D eigenvalue weighted by Crippen LogP contribution is 2.09. The molecule has 0 fully saturated rings. The minimum atomic E-state index is 0. The van der Waals surface area contributed by atoms with Crippen molar-refractivity contribution in [3.63, 3.8) is 0 Å². The Morgan fingerprint density at radius 2 is 1.25 bits per heavy atom. The molecule has 94 valence electrons. The molecule has 0 radical (unpaired) electrons. The van der Waals surface area contributed by atoms with Crippen molar-refractivity contribution >= 4 is 0 Å². The van der Waals surface area contributed by atoms with Crippen LogP contribution < -0.4 is 0 Å². The molecule has 1 aromatic carbocycles. The van der Waals surface area contributed by atoms with Gasteiger partial charge in [0.05, 0.1) is 0 Å². The van der Waals surface area contributed by atoms with E-state index in [2.05, 4.69) is 58.9 Å². The van der Waals surface area contributed by atoms with Crippen molar-refractivity contribution in [2.24, 2.45) is 5.92 Å². The number of benzene rings is 1. The van der Waals surface area contributed by atoms with Crippen LogP contribution in [0.25, 0.3) is 0 Å². The molecule has 0 saturated carbocycles. The zero-order valence-corrected chi connectivity index (χ0v) is 11.0. The summed E-state index contributed by atoms with van der Waals surface area (Å²) in [6, 6.07) is 8.97. The number of hydrogen-bond acceptors (Lipinski definition) is 0. The number of rotatable bonds is 3. The third kappa shape index (κ3) is 8.52. The summed E-state index contributed by atoms with van der Waals surface area (Å²) in [5.74, 6) is 0.762. The van der Waals surface area contributed by atoms with Crippen LogP contribution in [-0.4, -0.2) is 0 Å². The van der Waals surface area contributed by atoms with Gasteiger partial charge < -0.3 is 0 Å². The predicted molar refractivity (Wildman–Crippen MR) is 77.1 cm³/mol. The Balaban J connectivity index is 0. The van der Waals surface area contributed by atoms with Gasteiger partial charge >= 0.3 is 0 Å². The van der Waals surface area contributed by atoms with E-state index in [1.54, 1.807) is 0 Å². The summed E-state index contributed by atoms with van der Waals surface area (Å²) in [5, 5.41) is 0. The molecular weight excluding hydrogens is 192 g/mol. The third-order valence-electron chi connectivity index (χ3n) is 2.08. The van der Waals surface area contributed by atoms with Crippen molar-refractivity contribution in [3.8, 4) is 0 Å². The van der Waals surface area contributed by atoms with Crippen molar-refractivity contribution in [2.45, 2.75) is 61.3 Å². The lowest BCUT2D eigenvalue weighted by Crippen LogP contribution is -1.93. The second-order valence-corrected chi connectivity index (χ2v) is 4.48. The van der Waals surface area contributed by atoms with Crippen molar-refractivity contribution in [2.75, 3.05) is 0 Å². The van der Waals surface area contributed by atoms with Gasteiger partial charge in [-0.1, -0.05) is 72.7 Å². The fourth-order valence-corrected chi connectivity index (χ4v) is 1.38. The van der Waals surface area contributed by atoms with Gasteiger partial charge in [0.1, 0.15) is 0 Å². The van der Waals surface area contributed by atoms with E-state index in [4.69, 9.17) is 0 Å². The topological polar surface area (TPSA) is 0 Å². The summed E-state index contributed by atoms with van der Waals surface area (Å²) in [4.78, 5) is 0. The number of aryl methyl sites for hydroxylation is 1. The van der Waals surface area contributed by atoms with E-state index in [-0.39, 0.29) is 7.43 Å². The molecule has 0 bridgehead atoms. The molecule has 0 saturated heterocycles. The summed E-state index contributed by atoms with van der Waals surface area (Å²) >= 11 is 0. The maximum absolute atomic E-state index is 2.26. The summed E-state index contributed by atoms with van der Waals surface area (Å²) in [6.45, 7) is 11.0. The third-order valence-corrected chi connectivity index (χ3v) is 2.08. The summed E-state index contributed by atoms with van der Waals surface area (Å²) in [7, 11) is 0. The van der Waals surface area contributed by atoms with Gasteiger partial charge in [-0.25, -0.2) is 0 Å². The second-order valence-electron chi connectivity index (χ2n) is 4.48. The van der Waals surface area contributed by atoms with Gasteiger partial charge in [-0.05, 0) is 29.9 Å². The van der Waals surface area contributed by atoms with Gasteiger partial charge in [-0.3, -0.25) is 0 Å². The summed E-state index contributed by atoms with van der Waals surface area (Å²) in [6.07, 6.45) is 3.59. The first-order chi connectivity index (χ1) is 7.13. The van der Waals surface area contributed by atoms with Crippen LogP contribution >= 0.6 is 0 Å². The molecule has 0 heteroatoms. The van der Waals surface area contributed by atoms with E-state index in [1.165, 1.54) is 24.0 Å². The van der Waals surface area contributed by atoms with Crippen LogP contribution in [0.15, 0.2) is 24.3 Å². The Morgan fingerprint density at radius 1 is 0.875 bits per heavy atom. The van der Waals surface area contributed by atoms with Gasteiger partial charge in [0, 0.05) is 0 Å². The molecule has 0 aliphatic rings. The Kier molecular flexibility index (Phi) is 11.8. The van der Waals surface area contributed by atoms with E-state index in [0.717, 1.165) is 12.3 Å². The zero-order chi connectivity index (χ0) is 11.7. The molecule has 0 aliphatic heterocycles. The normalized spacial score (nSPS) is 9.12. The van der Waals surface area contributed by atoms with Crippen LogP contribution in [0.4, 0.5) is 0 Å². The molecule has 1 aromatic rings. The van der Waals surface area contributed by atoms with Crippen molar-refractivity contribution < 1.29 is 0 Å². The molecule has 1 rings (SSSR count). The van der Waals surface area contributed by atoms with E-state index in [1.807, 2.05) is 0 Å². The number of hydrogen-bond donors (Lipinski definition) is 0. The largest absolute Gasteiger partial charge is 0.0776 e. The Labute approximate surface area is 103 Å². The van der Waals surface area contributed by atoms with Crippen LogP contribution in [0.1, 0.15) is 59.6 Å². The Morgan fingerprint density at radius 3 is 1.56 bits per heavy atom. The average molecular weight is 222 g/mol. The maximum Gasteiger partial charge on any atom is -0.0256 e. The minimum absolute atomic E-state index is 0. The Bertz CT molecular complexity index is 231. The highest BCUT2D eigenvalue weighted by Gasteiger charge is 1.96. The van der Waals surface area contributed by atoms with Crippen LogP contribution in [0.3, 0.4) is 0 Å². The second kappa shape index (κ2) is 10.7. The SMILES string of the molecule is C.CCC.CCc1ccc(CC(C)C)cc1. The van der Waals surface area contributed by atoms with Crippen LogP contribution in [0.2, 0.25) is 0 Å². The van der Waals surface area contributed by atoms with Crippen molar-refractivity contribution in [1.82, 2.24) is 0 Å². The summed E-state index contributed by atoms with van der Waals surface area (Å²) < 4.78 is 0. The predicted octanol–water partition coefficient (Wildman–Crippen LogP) is 5.50. The fourth-order valence-electron chi connectivity index (χ4n) is 1.38. The monoisotopic (exact) mass is 222 g/mol. The molecule has 0 amide bonds. The lowest BCUT2D eigenvalue weighted by Gasteiger charge is -2.05. The van der Waals surface area contributed by atoms with Gasteiger partial charge in [0.2, 0.25) is 0 Å². The molecular formula is C16H30. The molecule has 0 heterocycles. The molecule has 0 aliphatic carbocycles. The molecule has 0 unspecified atom stereocenters. The highest BCUT2D eigenvalue weighted by atomic mass is 14.0. The smallest absolute Gasteiger partial charge is 0.0256 e. The molecule has 0 N–H and O–H groups in total.